The van der Waals surface area contributed by atoms with Gasteiger partial charge in [-0.2, -0.15) is 0 Å². The monoisotopic (exact) mass is 315 g/mol. The number of rotatable bonds is 4. The second-order valence-corrected chi connectivity index (χ2v) is 5.63. The van der Waals surface area contributed by atoms with Crippen molar-refractivity contribution in [3.05, 3.63) is 34.1 Å². The summed E-state index contributed by atoms with van der Waals surface area (Å²) in [7, 11) is 1.99. The topological polar surface area (TPSA) is 21.3 Å². The largest absolute Gasteiger partial charge is 0.372 e. The molecule has 1 N–H and O–H groups in total. The number of benzene rings is 1. The molecule has 1 aromatic rings. The fraction of sp³-hybridized carbons (Fsp3) is 0.571. The molecule has 1 aliphatic carbocycles. The summed E-state index contributed by atoms with van der Waals surface area (Å²) in [6.07, 6.45) is 5.05. The fourth-order valence-corrected chi connectivity index (χ4v) is 2.89. The molecule has 18 heavy (non-hydrogen) atoms. The molecule has 0 aromatic heterocycles. The van der Waals surface area contributed by atoms with E-state index < -0.39 is 0 Å². The van der Waals surface area contributed by atoms with Crippen molar-refractivity contribution in [1.82, 2.24) is 5.32 Å². The number of likely N-dealkylation sites (N-methyl/N-ethyl adjacent to an activating group) is 1. The third kappa shape index (κ3) is 3.53. The van der Waals surface area contributed by atoms with Crippen molar-refractivity contribution < 1.29 is 9.13 Å². The van der Waals surface area contributed by atoms with Crippen molar-refractivity contribution in [3.63, 3.8) is 0 Å². The van der Waals surface area contributed by atoms with Gasteiger partial charge < -0.3 is 10.1 Å². The van der Waals surface area contributed by atoms with Crippen molar-refractivity contribution in [2.45, 2.75) is 44.4 Å². The highest BCUT2D eigenvalue weighted by atomic mass is 79.9. The van der Waals surface area contributed by atoms with Crippen LogP contribution in [0.2, 0.25) is 0 Å². The molecule has 2 nitrogen and oxygen atoms in total. The zero-order valence-electron chi connectivity index (χ0n) is 10.6. The number of halogens is 2. The second-order valence-electron chi connectivity index (χ2n) is 4.78. The van der Waals surface area contributed by atoms with Crippen LogP contribution in [0.25, 0.3) is 0 Å². The first-order chi connectivity index (χ1) is 8.70. The average Bonchev–Trinajstić information content (AvgIpc) is 2.40. The van der Waals surface area contributed by atoms with E-state index in [-0.39, 0.29) is 11.9 Å². The van der Waals surface area contributed by atoms with E-state index in [0.717, 1.165) is 12.0 Å². The van der Waals surface area contributed by atoms with E-state index >= 15 is 0 Å². The van der Waals surface area contributed by atoms with Crippen LogP contribution in [0, 0.1) is 5.82 Å². The van der Waals surface area contributed by atoms with Crippen LogP contribution in [-0.2, 0) is 11.3 Å². The number of nitrogens with one attached hydrogen (secondary N) is 1. The summed E-state index contributed by atoms with van der Waals surface area (Å²) in [6.45, 7) is 0.543. The molecule has 0 heterocycles. The summed E-state index contributed by atoms with van der Waals surface area (Å²) >= 11 is 3.19. The Morgan fingerprint density at radius 3 is 2.89 bits per heavy atom. The molecule has 1 aliphatic rings. The number of hydrogen-bond acceptors (Lipinski definition) is 2. The zero-order chi connectivity index (χ0) is 13.0. The molecule has 100 valence electrons. The second kappa shape index (κ2) is 6.64. The average molecular weight is 316 g/mol. The molecule has 1 saturated carbocycles. The smallest absolute Gasteiger partial charge is 0.137 e. The molecule has 1 fully saturated rings. The normalized spacial score (nSPS) is 24.2. The molecule has 2 rings (SSSR count). The van der Waals surface area contributed by atoms with Crippen LogP contribution in [0.5, 0.6) is 0 Å². The molecular formula is C14H19BrFNO. The first kappa shape index (κ1) is 14.0. The van der Waals surface area contributed by atoms with Gasteiger partial charge in [-0.05, 0) is 53.5 Å². The van der Waals surface area contributed by atoms with Crippen molar-refractivity contribution >= 4 is 15.9 Å². The zero-order valence-corrected chi connectivity index (χ0v) is 12.2. The van der Waals surface area contributed by atoms with Gasteiger partial charge in [-0.1, -0.05) is 18.9 Å². The molecule has 0 radical (unpaired) electrons. The van der Waals surface area contributed by atoms with Crippen molar-refractivity contribution in [3.8, 4) is 0 Å². The van der Waals surface area contributed by atoms with Crippen LogP contribution in [-0.4, -0.2) is 19.2 Å². The Bertz CT molecular complexity index is 399. The molecule has 0 amide bonds. The van der Waals surface area contributed by atoms with Gasteiger partial charge in [0.25, 0.3) is 0 Å². The van der Waals surface area contributed by atoms with E-state index in [1.165, 1.54) is 25.3 Å². The first-order valence-electron chi connectivity index (χ1n) is 6.43. The Morgan fingerprint density at radius 2 is 2.17 bits per heavy atom. The standard InChI is InChI=1S/C14H19BrFNO/c1-17-13-4-2-3-5-14(13)18-9-10-6-7-12(16)11(15)8-10/h6-8,13-14,17H,2-5,9H2,1H3. The Hall–Kier alpha value is -0.450. The molecule has 0 aliphatic heterocycles. The summed E-state index contributed by atoms with van der Waals surface area (Å²) in [6, 6.07) is 5.48. The lowest BCUT2D eigenvalue weighted by molar-refractivity contribution is -0.00364. The summed E-state index contributed by atoms with van der Waals surface area (Å²) in [4.78, 5) is 0. The predicted octanol–water partition coefficient (Wildman–Crippen LogP) is 3.64. The van der Waals surface area contributed by atoms with Crippen LogP contribution >= 0.6 is 15.9 Å². The van der Waals surface area contributed by atoms with Gasteiger partial charge in [0.2, 0.25) is 0 Å². The van der Waals surface area contributed by atoms with Gasteiger partial charge in [0.15, 0.2) is 0 Å². The van der Waals surface area contributed by atoms with Crippen molar-refractivity contribution in [2.75, 3.05) is 7.05 Å². The van der Waals surface area contributed by atoms with Crippen LogP contribution in [0.15, 0.2) is 22.7 Å². The van der Waals surface area contributed by atoms with Gasteiger partial charge >= 0.3 is 0 Å². The summed E-state index contributed by atoms with van der Waals surface area (Å²) in [5.41, 5.74) is 1.00. The summed E-state index contributed by atoms with van der Waals surface area (Å²) in [5, 5.41) is 3.32. The van der Waals surface area contributed by atoms with Gasteiger partial charge in [-0.25, -0.2) is 4.39 Å². The van der Waals surface area contributed by atoms with Crippen molar-refractivity contribution in [2.24, 2.45) is 0 Å². The molecule has 2 unspecified atom stereocenters. The van der Waals surface area contributed by atoms with E-state index in [0.29, 0.717) is 17.1 Å². The Labute approximate surface area is 116 Å². The lowest BCUT2D eigenvalue weighted by atomic mass is 9.92. The maximum absolute atomic E-state index is 13.1. The third-order valence-electron chi connectivity index (χ3n) is 3.52. The lowest BCUT2D eigenvalue weighted by Crippen LogP contribution is -2.41. The van der Waals surface area contributed by atoms with Crippen LogP contribution < -0.4 is 5.32 Å². The first-order valence-corrected chi connectivity index (χ1v) is 7.23. The van der Waals surface area contributed by atoms with Gasteiger partial charge in [-0.3, -0.25) is 0 Å². The van der Waals surface area contributed by atoms with Crippen LogP contribution in [0.4, 0.5) is 4.39 Å². The van der Waals surface area contributed by atoms with E-state index in [1.54, 1.807) is 12.1 Å². The van der Waals surface area contributed by atoms with Crippen molar-refractivity contribution in [1.29, 1.82) is 0 Å². The Balaban J connectivity index is 1.91. The molecule has 2 atom stereocenters. The maximum atomic E-state index is 13.1. The van der Waals surface area contributed by atoms with Gasteiger partial charge in [0.05, 0.1) is 17.2 Å². The fourth-order valence-electron chi connectivity index (χ4n) is 2.46. The van der Waals surface area contributed by atoms with Gasteiger partial charge in [-0.15, -0.1) is 0 Å². The quantitative estimate of drug-likeness (QED) is 0.916. The van der Waals surface area contributed by atoms with Gasteiger partial charge in [0.1, 0.15) is 5.82 Å². The highest BCUT2D eigenvalue weighted by Crippen LogP contribution is 2.23. The minimum absolute atomic E-state index is 0.232. The predicted molar refractivity (Wildman–Crippen MR) is 74.0 cm³/mol. The minimum atomic E-state index is -0.232. The minimum Gasteiger partial charge on any atom is -0.372 e. The maximum Gasteiger partial charge on any atom is 0.137 e. The van der Waals surface area contributed by atoms with E-state index in [9.17, 15) is 4.39 Å². The molecule has 0 spiro atoms. The van der Waals surface area contributed by atoms with E-state index in [2.05, 4.69) is 21.2 Å². The number of ether oxygens (including phenoxy) is 1. The molecule has 0 saturated heterocycles. The molecular weight excluding hydrogens is 297 g/mol. The summed E-state index contributed by atoms with van der Waals surface area (Å²) < 4.78 is 19.6. The van der Waals surface area contributed by atoms with Crippen LogP contribution in [0.3, 0.4) is 0 Å². The van der Waals surface area contributed by atoms with Gasteiger partial charge in [0, 0.05) is 6.04 Å². The lowest BCUT2D eigenvalue weighted by Gasteiger charge is -2.31. The highest BCUT2D eigenvalue weighted by molar-refractivity contribution is 9.10. The number of hydrogen-bond donors (Lipinski definition) is 1. The molecule has 4 heteroatoms. The summed E-state index contributed by atoms with van der Waals surface area (Å²) in [5.74, 6) is -0.232. The van der Waals surface area contributed by atoms with Crippen LogP contribution in [0.1, 0.15) is 31.2 Å². The third-order valence-corrected chi connectivity index (χ3v) is 4.13. The Morgan fingerprint density at radius 1 is 1.39 bits per heavy atom. The Kier molecular flexibility index (Phi) is 5.15. The van der Waals surface area contributed by atoms with E-state index in [4.69, 9.17) is 4.74 Å². The molecule has 0 bridgehead atoms. The SMILES string of the molecule is CNC1CCCCC1OCc1ccc(F)c(Br)c1. The van der Waals surface area contributed by atoms with E-state index in [1.807, 2.05) is 7.05 Å². The molecule has 1 aromatic carbocycles. The highest BCUT2D eigenvalue weighted by Gasteiger charge is 2.24.